The molecule has 0 bridgehead atoms. The van der Waals surface area contributed by atoms with E-state index in [0.29, 0.717) is 5.02 Å². The van der Waals surface area contributed by atoms with Crippen molar-refractivity contribution < 1.29 is 0 Å². The molecule has 2 rings (SSSR count). The molecule has 0 aliphatic rings. The van der Waals surface area contributed by atoms with E-state index in [1.165, 1.54) is 16.9 Å². The second-order valence-electron chi connectivity index (χ2n) is 4.88. The lowest BCUT2D eigenvalue weighted by Crippen LogP contribution is -2.08. The largest absolute Gasteiger partial charge is 0.320 e. The minimum atomic E-state index is 0.680. The summed E-state index contributed by atoms with van der Waals surface area (Å²) < 4.78 is 0. The lowest BCUT2D eigenvalue weighted by atomic mass is 10.1. The van der Waals surface area contributed by atoms with Crippen LogP contribution in [0.2, 0.25) is 10.0 Å². The molecular formula is C17H19Cl2NS. The second kappa shape index (κ2) is 8.70. The monoisotopic (exact) mass is 339 g/mol. The van der Waals surface area contributed by atoms with Gasteiger partial charge < -0.3 is 5.32 Å². The van der Waals surface area contributed by atoms with E-state index in [0.717, 1.165) is 29.3 Å². The summed E-state index contributed by atoms with van der Waals surface area (Å²) in [5.41, 5.74) is 2.50. The van der Waals surface area contributed by atoms with Crippen molar-refractivity contribution in [3.8, 4) is 0 Å². The number of hydrogen-bond acceptors (Lipinski definition) is 2. The highest BCUT2D eigenvalue weighted by atomic mass is 35.5. The van der Waals surface area contributed by atoms with Crippen molar-refractivity contribution in [2.45, 2.75) is 23.5 Å². The molecule has 0 atom stereocenters. The molecular weight excluding hydrogens is 321 g/mol. The van der Waals surface area contributed by atoms with Gasteiger partial charge in [0.1, 0.15) is 0 Å². The fraction of sp³-hybridized carbons (Fsp3) is 0.294. The van der Waals surface area contributed by atoms with Crippen LogP contribution in [0.15, 0.2) is 47.4 Å². The highest BCUT2D eigenvalue weighted by Crippen LogP contribution is 2.28. The van der Waals surface area contributed by atoms with Crippen LogP contribution in [0.5, 0.6) is 0 Å². The Morgan fingerprint density at radius 3 is 2.48 bits per heavy atom. The van der Waals surface area contributed by atoms with Crippen molar-refractivity contribution in [2.75, 3.05) is 13.6 Å². The summed E-state index contributed by atoms with van der Waals surface area (Å²) in [6.07, 6.45) is 2.29. The summed E-state index contributed by atoms with van der Waals surface area (Å²) in [5, 5.41) is 4.59. The summed E-state index contributed by atoms with van der Waals surface area (Å²) in [7, 11) is 1.99. The first-order chi connectivity index (χ1) is 10.2. The predicted molar refractivity (Wildman–Crippen MR) is 94.7 cm³/mol. The van der Waals surface area contributed by atoms with Crippen LogP contribution in [-0.2, 0) is 12.2 Å². The number of benzene rings is 2. The first-order valence-corrected chi connectivity index (χ1v) is 8.73. The smallest absolute Gasteiger partial charge is 0.0461 e. The Morgan fingerprint density at radius 2 is 1.81 bits per heavy atom. The first-order valence-electron chi connectivity index (χ1n) is 6.99. The quantitative estimate of drug-likeness (QED) is 0.532. The van der Waals surface area contributed by atoms with Crippen LogP contribution in [0.1, 0.15) is 17.5 Å². The van der Waals surface area contributed by atoms with Gasteiger partial charge in [-0.3, -0.25) is 0 Å². The van der Waals surface area contributed by atoms with Gasteiger partial charge in [0, 0.05) is 20.7 Å². The van der Waals surface area contributed by atoms with Crippen molar-refractivity contribution in [3.63, 3.8) is 0 Å². The fourth-order valence-corrected chi connectivity index (χ4v) is 3.48. The number of aryl methyl sites for hydroxylation is 1. The van der Waals surface area contributed by atoms with Gasteiger partial charge in [0.05, 0.1) is 0 Å². The predicted octanol–water partition coefficient (Wildman–Crippen LogP) is 5.44. The van der Waals surface area contributed by atoms with E-state index in [9.17, 15) is 0 Å². The van der Waals surface area contributed by atoms with Crippen molar-refractivity contribution in [3.05, 3.63) is 63.6 Å². The highest BCUT2D eigenvalue weighted by molar-refractivity contribution is 7.98. The summed E-state index contributed by atoms with van der Waals surface area (Å²) in [6.45, 7) is 1.06. The molecule has 0 radical (unpaired) electrons. The molecule has 0 amide bonds. The molecule has 2 aromatic carbocycles. The normalized spacial score (nSPS) is 10.8. The molecule has 0 fully saturated rings. The maximum atomic E-state index is 6.19. The maximum absolute atomic E-state index is 6.19. The highest BCUT2D eigenvalue weighted by Gasteiger charge is 2.03. The number of thioether (sulfide) groups is 1. The van der Waals surface area contributed by atoms with Gasteiger partial charge >= 0.3 is 0 Å². The van der Waals surface area contributed by atoms with E-state index in [1.807, 2.05) is 19.2 Å². The molecule has 0 aliphatic heterocycles. The van der Waals surface area contributed by atoms with Gasteiger partial charge in [-0.05, 0) is 61.8 Å². The Balaban J connectivity index is 1.88. The minimum absolute atomic E-state index is 0.680. The van der Waals surface area contributed by atoms with Gasteiger partial charge in [0.15, 0.2) is 0 Å². The van der Waals surface area contributed by atoms with Gasteiger partial charge in [-0.1, -0.05) is 41.4 Å². The Morgan fingerprint density at radius 1 is 1.05 bits per heavy atom. The molecule has 0 saturated carbocycles. The second-order valence-corrected chi connectivity index (χ2v) is 6.77. The van der Waals surface area contributed by atoms with Crippen LogP contribution in [0.3, 0.4) is 0 Å². The maximum Gasteiger partial charge on any atom is 0.0461 e. The van der Waals surface area contributed by atoms with Gasteiger partial charge in [0.25, 0.3) is 0 Å². The van der Waals surface area contributed by atoms with E-state index in [2.05, 4.69) is 29.6 Å². The molecule has 0 heterocycles. The van der Waals surface area contributed by atoms with Crippen molar-refractivity contribution >= 4 is 35.0 Å². The molecule has 0 saturated heterocycles. The summed E-state index contributed by atoms with van der Waals surface area (Å²) in [4.78, 5) is 1.26. The molecule has 21 heavy (non-hydrogen) atoms. The van der Waals surface area contributed by atoms with Crippen LogP contribution >= 0.6 is 35.0 Å². The Hall–Kier alpha value is -0.670. The SMILES string of the molecule is CNCCCc1ccc(SCc2ccc(Cl)cc2Cl)cc1. The number of rotatable bonds is 7. The van der Waals surface area contributed by atoms with Gasteiger partial charge in [-0.2, -0.15) is 0 Å². The average Bonchev–Trinajstić information content (AvgIpc) is 2.48. The van der Waals surface area contributed by atoms with Crippen molar-refractivity contribution in [1.82, 2.24) is 5.32 Å². The molecule has 2 aromatic rings. The van der Waals surface area contributed by atoms with Crippen LogP contribution in [0, 0.1) is 0 Å². The van der Waals surface area contributed by atoms with E-state index in [4.69, 9.17) is 23.2 Å². The summed E-state index contributed by atoms with van der Waals surface area (Å²) >= 11 is 13.9. The number of hydrogen-bond donors (Lipinski definition) is 1. The topological polar surface area (TPSA) is 12.0 Å². The Bertz CT molecular complexity index is 570. The number of nitrogens with one attached hydrogen (secondary N) is 1. The zero-order valence-corrected chi connectivity index (χ0v) is 14.4. The fourth-order valence-electron chi connectivity index (χ4n) is 2.02. The average molecular weight is 340 g/mol. The van der Waals surface area contributed by atoms with Gasteiger partial charge in [-0.15, -0.1) is 11.8 Å². The zero-order valence-electron chi connectivity index (χ0n) is 12.0. The Labute approximate surface area is 141 Å². The minimum Gasteiger partial charge on any atom is -0.320 e. The van der Waals surface area contributed by atoms with E-state index in [1.54, 1.807) is 17.8 Å². The van der Waals surface area contributed by atoms with E-state index >= 15 is 0 Å². The van der Waals surface area contributed by atoms with Crippen LogP contribution < -0.4 is 5.32 Å². The molecule has 112 valence electrons. The van der Waals surface area contributed by atoms with Crippen LogP contribution in [-0.4, -0.2) is 13.6 Å². The van der Waals surface area contributed by atoms with Crippen LogP contribution in [0.4, 0.5) is 0 Å². The molecule has 0 aliphatic carbocycles. The molecule has 4 heteroatoms. The molecule has 0 aromatic heterocycles. The molecule has 0 spiro atoms. The third kappa shape index (κ3) is 5.55. The lowest BCUT2D eigenvalue weighted by Gasteiger charge is -2.06. The van der Waals surface area contributed by atoms with Crippen molar-refractivity contribution in [2.24, 2.45) is 0 Å². The standard InChI is InChI=1S/C17H19Cl2NS/c1-20-10-2-3-13-4-8-16(9-5-13)21-12-14-6-7-15(18)11-17(14)19/h4-9,11,20H,2-3,10,12H2,1H3. The third-order valence-corrected chi connectivity index (χ3v) is 4.87. The summed E-state index contributed by atoms with van der Waals surface area (Å²) in [6, 6.07) is 14.5. The first kappa shape index (κ1) is 16.7. The van der Waals surface area contributed by atoms with Crippen LogP contribution in [0.25, 0.3) is 0 Å². The number of halogens is 2. The molecule has 1 nitrogen and oxygen atoms in total. The summed E-state index contributed by atoms with van der Waals surface area (Å²) in [5.74, 6) is 0.856. The third-order valence-electron chi connectivity index (χ3n) is 3.23. The Kier molecular flexibility index (Phi) is 6.91. The molecule has 1 N–H and O–H groups in total. The van der Waals surface area contributed by atoms with E-state index in [-0.39, 0.29) is 0 Å². The van der Waals surface area contributed by atoms with E-state index < -0.39 is 0 Å². The van der Waals surface area contributed by atoms with Gasteiger partial charge in [0.2, 0.25) is 0 Å². The van der Waals surface area contributed by atoms with Crippen molar-refractivity contribution in [1.29, 1.82) is 0 Å². The zero-order chi connectivity index (χ0) is 15.1. The van der Waals surface area contributed by atoms with Gasteiger partial charge in [-0.25, -0.2) is 0 Å². The molecule has 0 unspecified atom stereocenters. The lowest BCUT2D eigenvalue weighted by molar-refractivity contribution is 0.724.